The number of carbonyl (C=O) groups is 1. The molecule has 0 spiro atoms. The van der Waals surface area contributed by atoms with Gasteiger partial charge in [0, 0.05) is 6.92 Å². The van der Waals surface area contributed by atoms with E-state index in [9.17, 15) is 26.4 Å². The number of hydrogen-bond acceptors (Lipinski definition) is 4. The summed E-state index contributed by atoms with van der Waals surface area (Å²) in [6.45, 7) is 1.23. The number of guanidine groups is 2. The van der Waals surface area contributed by atoms with Crippen LogP contribution in [0.15, 0.2) is 39.1 Å². The highest BCUT2D eigenvalue weighted by Gasteiger charge is 2.51. The molecule has 1 aromatic rings. The first kappa shape index (κ1) is 23.5. The fourth-order valence-electron chi connectivity index (χ4n) is 5.82. The molecule has 1 aromatic carbocycles. The Hall–Kier alpha value is -2.63. The van der Waals surface area contributed by atoms with Crippen LogP contribution in [0.5, 0.6) is 0 Å². The average molecular weight is 486 g/mol. The van der Waals surface area contributed by atoms with Crippen molar-refractivity contribution in [2.45, 2.75) is 62.1 Å². The molecule has 1 amide bonds. The predicted molar refractivity (Wildman–Crippen MR) is 116 cm³/mol. The molecular formula is C21H26F3N5O3S. The van der Waals surface area contributed by atoms with E-state index in [1.165, 1.54) is 6.92 Å². The largest absolute Gasteiger partial charge is 0.416 e. The Balaban J connectivity index is 1.65. The molecule has 0 saturated heterocycles. The van der Waals surface area contributed by atoms with Gasteiger partial charge >= 0.3 is 6.18 Å². The number of benzene rings is 1. The lowest BCUT2D eigenvalue weighted by atomic mass is 9.53. The Kier molecular flexibility index (Phi) is 5.92. The molecule has 4 bridgehead atoms. The van der Waals surface area contributed by atoms with Crippen LogP contribution in [-0.4, -0.2) is 31.8 Å². The first-order valence-electron chi connectivity index (χ1n) is 10.8. The van der Waals surface area contributed by atoms with Gasteiger partial charge in [0.2, 0.25) is 17.8 Å². The minimum absolute atomic E-state index is 0.289. The van der Waals surface area contributed by atoms with E-state index in [1.54, 1.807) is 0 Å². The van der Waals surface area contributed by atoms with Crippen molar-refractivity contribution in [1.82, 2.24) is 10.0 Å². The van der Waals surface area contributed by atoms with Crippen molar-refractivity contribution in [3.05, 3.63) is 29.8 Å². The molecule has 4 fully saturated rings. The van der Waals surface area contributed by atoms with Crippen LogP contribution in [0.1, 0.15) is 51.0 Å². The number of nitrogens with one attached hydrogen (secondary N) is 2. The highest BCUT2D eigenvalue weighted by Crippen LogP contribution is 2.57. The van der Waals surface area contributed by atoms with Crippen LogP contribution in [0, 0.1) is 17.8 Å². The molecular weight excluding hydrogens is 459 g/mol. The van der Waals surface area contributed by atoms with Gasteiger partial charge in [0.25, 0.3) is 10.0 Å². The molecule has 180 valence electrons. The summed E-state index contributed by atoms with van der Waals surface area (Å²) >= 11 is 0. The fourth-order valence-corrected chi connectivity index (χ4v) is 6.77. The van der Waals surface area contributed by atoms with Gasteiger partial charge in [-0.1, -0.05) is 0 Å². The number of rotatable bonds is 3. The quantitative estimate of drug-likeness (QED) is 0.450. The predicted octanol–water partition coefficient (Wildman–Crippen LogP) is 2.76. The van der Waals surface area contributed by atoms with Gasteiger partial charge in [-0.3, -0.25) is 10.1 Å². The SMILES string of the molecule is CC(=O)NC(N)=NC(=NC12CC3CC(CC(C3)C1)C2)NS(=O)(=O)c1ccc(C(F)(F)F)cc1. The number of nitrogens with two attached hydrogens (primary N) is 1. The Bertz CT molecular complexity index is 1060. The summed E-state index contributed by atoms with van der Waals surface area (Å²) < 4.78 is 66.6. The number of halogens is 3. The van der Waals surface area contributed by atoms with Gasteiger partial charge < -0.3 is 5.73 Å². The maximum Gasteiger partial charge on any atom is 0.416 e. The van der Waals surface area contributed by atoms with Crippen molar-refractivity contribution in [2.24, 2.45) is 33.5 Å². The number of alkyl halides is 3. The van der Waals surface area contributed by atoms with Crippen molar-refractivity contribution in [1.29, 1.82) is 0 Å². The van der Waals surface area contributed by atoms with Crippen LogP contribution in [0.3, 0.4) is 0 Å². The van der Waals surface area contributed by atoms with E-state index in [1.807, 2.05) is 0 Å². The zero-order valence-electron chi connectivity index (χ0n) is 18.0. The van der Waals surface area contributed by atoms with Gasteiger partial charge in [0.1, 0.15) is 0 Å². The normalized spacial score (nSPS) is 29.8. The summed E-state index contributed by atoms with van der Waals surface area (Å²) in [5.74, 6) is 0.485. The highest BCUT2D eigenvalue weighted by molar-refractivity contribution is 7.90. The summed E-state index contributed by atoms with van der Waals surface area (Å²) in [6, 6.07) is 3.13. The standard InChI is InChI=1S/C21H26F3N5O3S/c1-12(30)26-18(25)27-19(28-20-9-13-6-14(10-20)8-15(7-13)11-20)29-33(31,32)17-4-2-16(3-5-17)21(22,23)24/h2-5,13-15H,6-11H2,1H3,(H4,25,26,27,28,29,30). The van der Waals surface area contributed by atoms with E-state index in [4.69, 9.17) is 10.7 Å². The Morgan fingerprint density at radius 2 is 1.58 bits per heavy atom. The smallest absolute Gasteiger partial charge is 0.369 e. The summed E-state index contributed by atoms with van der Waals surface area (Å²) in [4.78, 5) is 19.7. The van der Waals surface area contributed by atoms with Crippen molar-refractivity contribution >= 4 is 27.8 Å². The zero-order valence-corrected chi connectivity index (χ0v) is 18.8. The molecule has 0 heterocycles. The van der Waals surface area contributed by atoms with Gasteiger partial charge in [-0.2, -0.15) is 18.2 Å². The third-order valence-corrected chi connectivity index (χ3v) is 7.94. The number of sulfonamides is 1. The molecule has 33 heavy (non-hydrogen) atoms. The molecule has 4 aliphatic carbocycles. The molecule has 4 saturated carbocycles. The van der Waals surface area contributed by atoms with E-state index in [-0.39, 0.29) is 16.8 Å². The molecule has 0 radical (unpaired) electrons. The zero-order chi connectivity index (χ0) is 24.0. The minimum atomic E-state index is -4.59. The first-order valence-corrected chi connectivity index (χ1v) is 12.2. The number of amides is 1. The third-order valence-electron chi connectivity index (χ3n) is 6.60. The van der Waals surface area contributed by atoms with Gasteiger partial charge in [-0.25, -0.2) is 18.1 Å². The van der Waals surface area contributed by atoms with Crippen LogP contribution in [0.2, 0.25) is 0 Å². The maximum absolute atomic E-state index is 12.9. The minimum Gasteiger partial charge on any atom is -0.369 e. The van der Waals surface area contributed by atoms with Crippen molar-refractivity contribution in [3.8, 4) is 0 Å². The van der Waals surface area contributed by atoms with Gasteiger partial charge in [-0.05, 0) is 80.5 Å². The lowest BCUT2D eigenvalue weighted by Crippen LogP contribution is -2.50. The molecule has 0 unspecified atom stereocenters. The van der Waals surface area contributed by atoms with Crippen molar-refractivity contribution in [3.63, 3.8) is 0 Å². The Morgan fingerprint density at radius 1 is 1.06 bits per heavy atom. The summed E-state index contributed by atoms with van der Waals surface area (Å²) in [5.41, 5.74) is 4.32. The van der Waals surface area contributed by atoms with E-state index in [0.29, 0.717) is 29.9 Å². The number of carbonyl (C=O) groups excluding carboxylic acids is 1. The molecule has 0 atom stereocenters. The van der Waals surface area contributed by atoms with Crippen molar-refractivity contribution in [2.75, 3.05) is 0 Å². The third kappa shape index (κ3) is 5.31. The first-order chi connectivity index (χ1) is 15.3. The van der Waals surface area contributed by atoms with Crippen LogP contribution >= 0.6 is 0 Å². The highest BCUT2D eigenvalue weighted by atomic mass is 32.2. The monoisotopic (exact) mass is 485 g/mol. The van der Waals surface area contributed by atoms with Crippen LogP contribution in [0.4, 0.5) is 13.2 Å². The van der Waals surface area contributed by atoms with E-state index in [0.717, 1.165) is 50.7 Å². The van der Waals surface area contributed by atoms with Crippen LogP contribution < -0.4 is 15.8 Å². The Labute approximate surface area is 190 Å². The molecule has 12 heteroatoms. The molecule has 4 N–H and O–H groups in total. The summed E-state index contributed by atoms with van der Waals surface area (Å²) in [5, 5.41) is 2.28. The maximum atomic E-state index is 12.9. The Morgan fingerprint density at radius 3 is 2.03 bits per heavy atom. The van der Waals surface area contributed by atoms with E-state index < -0.39 is 33.2 Å². The van der Waals surface area contributed by atoms with Gasteiger partial charge in [0.15, 0.2) is 0 Å². The summed E-state index contributed by atoms with van der Waals surface area (Å²) in [6.07, 6.45) is 1.33. The topological polar surface area (TPSA) is 126 Å². The molecule has 4 aliphatic rings. The number of aliphatic imine (C=N–C) groups is 2. The van der Waals surface area contributed by atoms with Crippen LogP contribution in [-0.2, 0) is 21.0 Å². The lowest BCUT2D eigenvalue weighted by Gasteiger charge is -2.54. The van der Waals surface area contributed by atoms with Gasteiger partial charge in [-0.15, -0.1) is 0 Å². The molecule has 0 aromatic heterocycles. The molecule has 5 rings (SSSR count). The van der Waals surface area contributed by atoms with E-state index >= 15 is 0 Å². The number of nitrogens with zero attached hydrogens (tertiary/aromatic N) is 2. The lowest BCUT2D eigenvalue weighted by molar-refractivity contribution is -0.137. The van der Waals surface area contributed by atoms with Crippen LogP contribution in [0.25, 0.3) is 0 Å². The second kappa shape index (κ2) is 8.30. The molecule has 8 nitrogen and oxygen atoms in total. The average Bonchev–Trinajstić information content (AvgIpc) is 2.64. The number of hydrogen-bond donors (Lipinski definition) is 3. The second-order valence-electron chi connectivity index (χ2n) is 9.38. The van der Waals surface area contributed by atoms with E-state index in [2.05, 4.69) is 15.0 Å². The van der Waals surface area contributed by atoms with Gasteiger partial charge in [0.05, 0.1) is 16.0 Å². The van der Waals surface area contributed by atoms with Crippen molar-refractivity contribution < 1.29 is 26.4 Å². The second-order valence-corrected chi connectivity index (χ2v) is 11.1. The fraction of sp³-hybridized carbons (Fsp3) is 0.571. The molecule has 0 aliphatic heterocycles. The summed E-state index contributed by atoms with van der Waals surface area (Å²) in [7, 11) is -4.30.